The zero-order valence-corrected chi connectivity index (χ0v) is 22.3. The van der Waals surface area contributed by atoms with Gasteiger partial charge in [0, 0.05) is 67.3 Å². The summed E-state index contributed by atoms with van der Waals surface area (Å²) in [6, 6.07) is 17.2. The molecule has 0 bridgehead atoms. The Morgan fingerprint density at radius 2 is 1.67 bits per heavy atom. The van der Waals surface area contributed by atoms with Gasteiger partial charge in [0.05, 0.1) is 6.42 Å². The minimum atomic E-state index is -0.0745. The minimum Gasteiger partial charge on any atom is -0.368 e. The molecule has 10 heteroatoms. The van der Waals surface area contributed by atoms with Gasteiger partial charge in [0.15, 0.2) is 5.82 Å². The van der Waals surface area contributed by atoms with E-state index in [1.807, 2.05) is 59.5 Å². The summed E-state index contributed by atoms with van der Waals surface area (Å²) < 4.78 is 0.999. The molecule has 1 aliphatic rings. The molecule has 2 amide bonds. The largest absolute Gasteiger partial charge is 0.368 e. The lowest BCUT2D eigenvalue weighted by Gasteiger charge is -2.35. The maximum atomic E-state index is 12.8. The van der Waals surface area contributed by atoms with E-state index in [1.165, 1.54) is 6.92 Å². The number of aromatic nitrogens is 2. The Labute approximate surface area is 224 Å². The fourth-order valence-corrected chi connectivity index (χ4v) is 4.31. The molecule has 0 aliphatic carbocycles. The van der Waals surface area contributed by atoms with Crippen molar-refractivity contribution in [2.75, 3.05) is 49.5 Å². The van der Waals surface area contributed by atoms with E-state index in [4.69, 9.17) is 16.6 Å². The number of nitrogens with one attached hydrogen (secondary N) is 2. The van der Waals surface area contributed by atoms with E-state index in [0.29, 0.717) is 62.4 Å². The van der Waals surface area contributed by atoms with Crippen molar-refractivity contribution in [3.05, 3.63) is 69.7 Å². The van der Waals surface area contributed by atoms with Gasteiger partial charge in [-0.15, -0.1) is 0 Å². The Kier molecular flexibility index (Phi) is 8.77. The summed E-state index contributed by atoms with van der Waals surface area (Å²) in [4.78, 5) is 37.6. The predicted octanol–water partition coefficient (Wildman–Crippen LogP) is 4.00. The number of piperazine rings is 1. The quantitative estimate of drug-likeness (QED) is 0.397. The summed E-state index contributed by atoms with van der Waals surface area (Å²) >= 11 is 9.49. The first-order valence-corrected chi connectivity index (χ1v) is 12.9. The van der Waals surface area contributed by atoms with Crippen LogP contribution in [0.3, 0.4) is 0 Å². The standard InChI is InChI=1S/C26H28BrClN6O2/c1-18(35)29-10-11-30-23-17-24(32-26(31-23)20-4-8-22(28)9-5-20)33-12-14-34(15-13-33)25(36)16-19-2-6-21(27)7-3-19/h2-9,17H,10-16H2,1H3,(H,29,35)(H,30,31,32). The molecule has 2 heterocycles. The van der Waals surface area contributed by atoms with E-state index < -0.39 is 0 Å². The molecule has 0 radical (unpaired) electrons. The highest BCUT2D eigenvalue weighted by molar-refractivity contribution is 9.10. The van der Waals surface area contributed by atoms with Gasteiger partial charge in [-0.05, 0) is 42.0 Å². The van der Waals surface area contributed by atoms with Crippen molar-refractivity contribution >= 4 is 51.0 Å². The number of carbonyl (C=O) groups is 2. The molecule has 1 aromatic heterocycles. The Balaban J connectivity index is 1.45. The summed E-state index contributed by atoms with van der Waals surface area (Å²) in [5, 5.41) is 6.69. The lowest BCUT2D eigenvalue weighted by Crippen LogP contribution is -2.49. The summed E-state index contributed by atoms with van der Waals surface area (Å²) in [5.74, 6) is 2.09. The Bertz CT molecular complexity index is 1200. The maximum Gasteiger partial charge on any atom is 0.227 e. The van der Waals surface area contributed by atoms with Crippen LogP contribution in [0.5, 0.6) is 0 Å². The second-order valence-corrected chi connectivity index (χ2v) is 9.87. The monoisotopic (exact) mass is 570 g/mol. The molecule has 0 spiro atoms. The summed E-state index contributed by atoms with van der Waals surface area (Å²) in [7, 11) is 0. The molecule has 8 nitrogen and oxygen atoms in total. The number of halogens is 2. The highest BCUT2D eigenvalue weighted by Crippen LogP contribution is 2.25. The summed E-state index contributed by atoms with van der Waals surface area (Å²) in [6.07, 6.45) is 0.393. The molecule has 0 saturated carbocycles. The molecule has 1 aliphatic heterocycles. The second kappa shape index (κ2) is 12.2. The van der Waals surface area contributed by atoms with Crippen molar-refractivity contribution in [1.29, 1.82) is 0 Å². The van der Waals surface area contributed by atoms with Gasteiger partial charge in [0.25, 0.3) is 0 Å². The number of nitrogens with zero attached hydrogens (tertiary/aromatic N) is 4. The van der Waals surface area contributed by atoms with Crippen molar-refractivity contribution in [2.24, 2.45) is 0 Å². The maximum absolute atomic E-state index is 12.8. The number of rotatable bonds is 8. The average molecular weight is 572 g/mol. The van der Waals surface area contributed by atoms with Crippen molar-refractivity contribution < 1.29 is 9.59 Å². The first kappa shape index (κ1) is 25.9. The average Bonchev–Trinajstić information content (AvgIpc) is 2.88. The molecule has 3 aromatic rings. The Hall–Kier alpha value is -3.17. The topological polar surface area (TPSA) is 90.5 Å². The number of hydrogen-bond donors (Lipinski definition) is 2. The molecule has 0 unspecified atom stereocenters. The van der Waals surface area contributed by atoms with E-state index in [0.717, 1.165) is 21.4 Å². The third kappa shape index (κ3) is 7.18. The SMILES string of the molecule is CC(=O)NCCNc1cc(N2CCN(C(=O)Cc3ccc(Br)cc3)CC2)nc(-c2ccc(Cl)cc2)n1. The van der Waals surface area contributed by atoms with E-state index in [-0.39, 0.29) is 11.8 Å². The highest BCUT2D eigenvalue weighted by Gasteiger charge is 2.23. The smallest absolute Gasteiger partial charge is 0.227 e. The van der Waals surface area contributed by atoms with Gasteiger partial charge in [-0.2, -0.15) is 0 Å². The van der Waals surface area contributed by atoms with Gasteiger partial charge in [0.2, 0.25) is 11.8 Å². The van der Waals surface area contributed by atoms with Crippen molar-refractivity contribution in [3.8, 4) is 11.4 Å². The zero-order valence-electron chi connectivity index (χ0n) is 20.0. The molecule has 2 aromatic carbocycles. The van der Waals surface area contributed by atoms with Crippen LogP contribution in [0.4, 0.5) is 11.6 Å². The summed E-state index contributed by atoms with van der Waals surface area (Å²) in [6.45, 7) is 5.12. The molecule has 0 atom stereocenters. The van der Waals surface area contributed by atoms with Crippen LogP contribution >= 0.6 is 27.5 Å². The molecule has 1 saturated heterocycles. The molecule has 36 heavy (non-hydrogen) atoms. The number of anilines is 2. The lowest BCUT2D eigenvalue weighted by molar-refractivity contribution is -0.130. The number of amides is 2. The predicted molar refractivity (Wildman–Crippen MR) is 146 cm³/mol. The minimum absolute atomic E-state index is 0.0745. The van der Waals surface area contributed by atoms with Gasteiger partial charge in [-0.1, -0.05) is 39.7 Å². The molecule has 2 N–H and O–H groups in total. The fourth-order valence-electron chi connectivity index (χ4n) is 3.92. The van der Waals surface area contributed by atoms with Crippen LogP contribution < -0.4 is 15.5 Å². The fraction of sp³-hybridized carbons (Fsp3) is 0.308. The Morgan fingerprint density at radius 1 is 0.972 bits per heavy atom. The van der Waals surface area contributed by atoms with Crippen molar-refractivity contribution in [1.82, 2.24) is 20.2 Å². The third-order valence-corrected chi connectivity index (χ3v) is 6.63. The molecule has 4 rings (SSSR count). The number of carbonyl (C=O) groups excluding carboxylic acids is 2. The van der Waals surface area contributed by atoms with Crippen LogP contribution in [0.1, 0.15) is 12.5 Å². The van der Waals surface area contributed by atoms with E-state index in [2.05, 4.69) is 36.4 Å². The van der Waals surface area contributed by atoms with Gasteiger partial charge in [0.1, 0.15) is 11.6 Å². The molecular formula is C26H28BrClN6O2. The molecular weight excluding hydrogens is 544 g/mol. The van der Waals surface area contributed by atoms with Crippen LogP contribution in [0.2, 0.25) is 5.02 Å². The van der Waals surface area contributed by atoms with Gasteiger partial charge < -0.3 is 20.4 Å². The van der Waals surface area contributed by atoms with Gasteiger partial charge in [-0.25, -0.2) is 9.97 Å². The summed E-state index contributed by atoms with van der Waals surface area (Å²) in [5.41, 5.74) is 1.86. The van der Waals surface area contributed by atoms with Gasteiger partial charge in [-0.3, -0.25) is 9.59 Å². The normalized spacial score (nSPS) is 13.4. The third-order valence-electron chi connectivity index (χ3n) is 5.85. The van der Waals surface area contributed by atoms with Crippen molar-refractivity contribution in [2.45, 2.75) is 13.3 Å². The zero-order chi connectivity index (χ0) is 25.5. The van der Waals surface area contributed by atoms with Gasteiger partial charge >= 0.3 is 0 Å². The number of benzene rings is 2. The van der Waals surface area contributed by atoms with Crippen LogP contribution in [-0.4, -0.2) is 66.0 Å². The second-order valence-electron chi connectivity index (χ2n) is 8.52. The number of hydrogen-bond acceptors (Lipinski definition) is 6. The van der Waals surface area contributed by atoms with E-state index >= 15 is 0 Å². The van der Waals surface area contributed by atoms with E-state index in [9.17, 15) is 9.59 Å². The highest BCUT2D eigenvalue weighted by atomic mass is 79.9. The first-order valence-electron chi connectivity index (χ1n) is 11.8. The van der Waals surface area contributed by atoms with E-state index in [1.54, 1.807) is 0 Å². The van der Waals surface area contributed by atoms with Crippen LogP contribution in [0.25, 0.3) is 11.4 Å². The van der Waals surface area contributed by atoms with Crippen LogP contribution in [0.15, 0.2) is 59.1 Å². The molecule has 188 valence electrons. The molecule has 1 fully saturated rings. The first-order chi connectivity index (χ1) is 17.4. The lowest BCUT2D eigenvalue weighted by atomic mass is 10.1. The Morgan fingerprint density at radius 3 is 2.33 bits per heavy atom. The van der Waals surface area contributed by atoms with Crippen molar-refractivity contribution in [3.63, 3.8) is 0 Å². The van der Waals surface area contributed by atoms with Crippen LogP contribution in [-0.2, 0) is 16.0 Å². The van der Waals surface area contributed by atoms with Crippen LogP contribution in [0, 0.1) is 0 Å².